The predicted octanol–water partition coefficient (Wildman–Crippen LogP) is 19.3. The summed E-state index contributed by atoms with van der Waals surface area (Å²) in [6, 6.07) is -0.954. The van der Waals surface area contributed by atoms with Gasteiger partial charge in [0, 0.05) is 6.42 Å². The van der Waals surface area contributed by atoms with Crippen molar-refractivity contribution in [1.29, 1.82) is 0 Å². The number of amides is 1. The van der Waals surface area contributed by atoms with Crippen LogP contribution in [0, 0.1) is 0 Å². The molecular weight excluding hydrogens is 1290 g/mol. The van der Waals surface area contributed by atoms with Crippen molar-refractivity contribution in [3.05, 3.63) is 158 Å². The zero-order valence-electron chi connectivity index (χ0n) is 64.5. The number of carbonyl (C=O) groups excluding carboxylic acids is 1. The van der Waals surface area contributed by atoms with E-state index in [0.717, 1.165) is 116 Å². The molecule has 0 bridgehead atoms. The summed E-state index contributed by atoms with van der Waals surface area (Å²) in [5.74, 6) is -0.262. The molecule has 103 heavy (non-hydrogen) atoms. The number of aliphatic hydroxyl groups excluding tert-OH is 8. The number of aliphatic hydroxyl groups is 8. The first kappa shape index (κ1) is 94.7. The van der Waals surface area contributed by atoms with Gasteiger partial charge in [0.05, 0.1) is 32.0 Å². The number of rotatable bonds is 67. The summed E-state index contributed by atoms with van der Waals surface area (Å²) in [5, 5.41) is 87.7. The van der Waals surface area contributed by atoms with Crippen LogP contribution in [0.25, 0.3) is 0 Å². The van der Waals surface area contributed by atoms with Crippen molar-refractivity contribution in [2.24, 2.45) is 0 Å². The Morgan fingerprint density at radius 2 is 0.680 bits per heavy atom. The van der Waals surface area contributed by atoms with Crippen LogP contribution in [-0.2, 0) is 23.7 Å². The van der Waals surface area contributed by atoms with Gasteiger partial charge < -0.3 is 65.1 Å². The van der Waals surface area contributed by atoms with E-state index in [0.29, 0.717) is 12.8 Å². The van der Waals surface area contributed by atoms with Crippen LogP contribution in [0.1, 0.15) is 303 Å². The molecule has 2 aliphatic heterocycles. The quantitative estimate of drug-likeness (QED) is 0.0204. The number of allylic oxidation sites excluding steroid dienone is 25. The Bertz CT molecular complexity index is 2350. The number of hydrogen-bond donors (Lipinski definition) is 9. The fourth-order valence-electron chi connectivity index (χ4n) is 12.5. The van der Waals surface area contributed by atoms with Gasteiger partial charge in [0.25, 0.3) is 0 Å². The zero-order chi connectivity index (χ0) is 74.4. The monoisotopic (exact) mass is 1440 g/mol. The second-order valence-corrected chi connectivity index (χ2v) is 28.1. The van der Waals surface area contributed by atoms with Crippen LogP contribution in [-0.4, -0.2) is 140 Å². The Balaban J connectivity index is 1.64. The van der Waals surface area contributed by atoms with Gasteiger partial charge in [0.2, 0.25) is 5.91 Å². The van der Waals surface area contributed by atoms with E-state index in [2.05, 4.69) is 165 Å². The largest absolute Gasteiger partial charge is 0.394 e. The first-order valence-corrected chi connectivity index (χ1v) is 41.2. The predicted molar refractivity (Wildman–Crippen MR) is 428 cm³/mol. The summed E-state index contributed by atoms with van der Waals surface area (Å²) in [4.78, 5) is 13.4. The molecule has 0 aromatic heterocycles. The van der Waals surface area contributed by atoms with Crippen molar-refractivity contribution in [2.75, 3.05) is 19.8 Å². The molecule has 2 saturated heterocycles. The molecular formula is C89H149NO13. The highest BCUT2D eigenvalue weighted by atomic mass is 16.7. The third-order valence-corrected chi connectivity index (χ3v) is 18.9. The molecule has 14 nitrogen and oxygen atoms in total. The summed E-state index contributed by atoms with van der Waals surface area (Å²) in [6.45, 7) is 2.68. The molecule has 2 heterocycles. The van der Waals surface area contributed by atoms with Gasteiger partial charge in [-0.25, -0.2) is 0 Å². The van der Waals surface area contributed by atoms with Gasteiger partial charge in [-0.2, -0.15) is 0 Å². The molecule has 12 atom stereocenters. The lowest BCUT2D eigenvalue weighted by atomic mass is 9.97. The van der Waals surface area contributed by atoms with Crippen molar-refractivity contribution in [1.82, 2.24) is 5.32 Å². The average Bonchev–Trinajstić information content (AvgIpc) is 0.791. The van der Waals surface area contributed by atoms with Crippen molar-refractivity contribution in [3.63, 3.8) is 0 Å². The van der Waals surface area contributed by atoms with E-state index < -0.39 is 86.8 Å². The van der Waals surface area contributed by atoms with Crippen LogP contribution in [0.15, 0.2) is 158 Å². The summed E-state index contributed by atoms with van der Waals surface area (Å²) >= 11 is 0. The first-order valence-electron chi connectivity index (χ1n) is 41.2. The SMILES string of the molecule is CC/C=C\C/C=C\C/C=C\C/C=C\C/C=C\C/C=C\C/C=C\C/C=C\C/C=C\C/C=C\CCCCCCCCCCCCC(=O)NC(COC1OC(CO)C(OC2OC(CO)C(O)C(O)C2O)C(O)C1O)C(O)/C=C/CC/C=C/CC/C=C/CCCCCCCCCCCCCCCCCCCC. The fraction of sp³-hybridized carbons (Fsp3) is 0.697. The Morgan fingerprint density at radius 3 is 1.07 bits per heavy atom. The van der Waals surface area contributed by atoms with E-state index >= 15 is 0 Å². The topological polar surface area (TPSA) is 228 Å². The standard InChI is InChI=1S/C89H149NO13/c1-3-5-7-9-11-13-15-17-19-21-23-25-27-29-31-33-34-35-36-37-38-39-40-41-42-43-44-45-47-49-51-53-55-57-59-61-63-65-67-69-71-73-81(94)90-77(76-100-88-86(99)84(97)87(80(75-92)102-88)103-89-85(98)83(96)82(95)79(74-91)101-89)78(93)72-70-68-66-64-62-60-58-56-54-52-50-48-46-32-30-28-26-24-22-20-18-16-14-12-10-8-6-4-2/h5,7,11,13,17,19,23,25,29,31,34-35,37-38,40-41,43-44,47,49,54,56,62,64,70,72,77-80,82-89,91-93,95-99H,3-4,6,8-10,12,14-16,18,20-22,24,26-28,30,32-33,36,39,42,45-46,48,50-53,55,57-61,63,65-69,71,73-76H2,1-2H3,(H,90,94)/b7-5-,13-11-,19-17-,25-23-,31-29-,35-34-,38-37-,41-40-,44-43-,49-47-,56-54+,64-62+,72-70+. The lowest BCUT2D eigenvalue weighted by Gasteiger charge is -2.46. The third-order valence-electron chi connectivity index (χ3n) is 18.9. The van der Waals surface area contributed by atoms with Gasteiger partial charge >= 0.3 is 0 Å². The van der Waals surface area contributed by atoms with Gasteiger partial charge in [-0.05, 0) is 122 Å². The van der Waals surface area contributed by atoms with Crippen LogP contribution in [0.3, 0.4) is 0 Å². The molecule has 0 aromatic rings. The molecule has 0 saturated carbocycles. The number of hydrogen-bond acceptors (Lipinski definition) is 13. The minimum atomic E-state index is -1.80. The van der Waals surface area contributed by atoms with E-state index in [9.17, 15) is 45.6 Å². The number of nitrogens with one attached hydrogen (secondary N) is 1. The molecule has 14 heteroatoms. The van der Waals surface area contributed by atoms with Crippen molar-refractivity contribution < 1.29 is 64.6 Å². The lowest BCUT2D eigenvalue weighted by Crippen LogP contribution is -2.65. The Kier molecular flexibility index (Phi) is 64.9. The lowest BCUT2D eigenvalue weighted by molar-refractivity contribution is -0.359. The van der Waals surface area contributed by atoms with Crippen LogP contribution < -0.4 is 5.32 Å². The van der Waals surface area contributed by atoms with Gasteiger partial charge in [-0.1, -0.05) is 332 Å². The maximum absolute atomic E-state index is 13.4. The van der Waals surface area contributed by atoms with E-state index in [4.69, 9.17) is 18.9 Å². The highest BCUT2D eigenvalue weighted by Gasteiger charge is 2.51. The number of carbonyl (C=O) groups is 1. The van der Waals surface area contributed by atoms with Gasteiger partial charge in [-0.3, -0.25) is 4.79 Å². The normalized spacial score (nSPS) is 22.4. The van der Waals surface area contributed by atoms with E-state index in [1.54, 1.807) is 6.08 Å². The Hall–Kier alpha value is -4.39. The molecule has 1 amide bonds. The Morgan fingerprint density at radius 1 is 0.359 bits per heavy atom. The maximum Gasteiger partial charge on any atom is 0.220 e. The zero-order valence-corrected chi connectivity index (χ0v) is 64.5. The second kappa shape index (κ2) is 70.6. The number of unbranched alkanes of at least 4 members (excludes halogenated alkanes) is 30. The summed E-state index contributed by atoms with van der Waals surface area (Å²) in [5.41, 5.74) is 0. The van der Waals surface area contributed by atoms with Gasteiger partial charge in [0.1, 0.15) is 48.8 Å². The van der Waals surface area contributed by atoms with Crippen LogP contribution in [0.2, 0.25) is 0 Å². The van der Waals surface area contributed by atoms with E-state index in [-0.39, 0.29) is 18.9 Å². The smallest absolute Gasteiger partial charge is 0.220 e. The number of ether oxygens (including phenoxy) is 4. The fourth-order valence-corrected chi connectivity index (χ4v) is 12.5. The van der Waals surface area contributed by atoms with Crippen molar-refractivity contribution in [3.8, 4) is 0 Å². The Labute approximate surface area is 626 Å². The molecule has 2 aliphatic rings. The van der Waals surface area contributed by atoms with Gasteiger partial charge in [-0.15, -0.1) is 0 Å². The first-order chi connectivity index (χ1) is 50.6. The highest BCUT2D eigenvalue weighted by molar-refractivity contribution is 5.76. The van der Waals surface area contributed by atoms with Crippen LogP contribution in [0.4, 0.5) is 0 Å². The minimum Gasteiger partial charge on any atom is -0.394 e. The molecule has 0 spiro atoms. The van der Waals surface area contributed by atoms with Gasteiger partial charge in [0.15, 0.2) is 12.6 Å². The van der Waals surface area contributed by atoms with E-state index in [1.165, 1.54) is 154 Å². The van der Waals surface area contributed by atoms with E-state index in [1.807, 2.05) is 6.08 Å². The van der Waals surface area contributed by atoms with Crippen molar-refractivity contribution in [2.45, 2.75) is 376 Å². The molecule has 0 aliphatic carbocycles. The van der Waals surface area contributed by atoms with Crippen LogP contribution >= 0.6 is 0 Å². The summed E-state index contributed by atoms with van der Waals surface area (Å²) in [7, 11) is 0. The molecule has 2 fully saturated rings. The molecule has 0 radical (unpaired) electrons. The molecule has 2 rings (SSSR count). The molecule has 0 aromatic carbocycles. The molecule has 588 valence electrons. The maximum atomic E-state index is 13.4. The average molecular weight is 1440 g/mol. The second-order valence-electron chi connectivity index (χ2n) is 28.1. The summed E-state index contributed by atoms with van der Waals surface area (Å²) in [6.07, 6.45) is 91.8. The minimum absolute atomic E-state index is 0.255. The van der Waals surface area contributed by atoms with Crippen LogP contribution in [0.5, 0.6) is 0 Å². The molecule has 12 unspecified atom stereocenters. The third kappa shape index (κ3) is 53.1. The van der Waals surface area contributed by atoms with Crippen molar-refractivity contribution >= 4 is 5.91 Å². The highest BCUT2D eigenvalue weighted by Crippen LogP contribution is 2.30. The summed E-state index contributed by atoms with van der Waals surface area (Å²) < 4.78 is 22.9. The molecule has 9 N–H and O–H groups in total.